The van der Waals surface area contributed by atoms with Gasteiger partial charge in [0.25, 0.3) is 0 Å². The normalized spacial score (nSPS) is 23.7. The van der Waals surface area contributed by atoms with Crippen LogP contribution in [0.4, 0.5) is 0 Å². The molecule has 0 radical (unpaired) electrons. The van der Waals surface area contributed by atoms with E-state index < -0.39 is 67.1 Å². The van der Waals surface area contributed by atoms with Crippen molar-refractivity contribution in [1.82, 2.24) is 0 Å². The highest BCUT2D eigenvalue weighted by Crippen LogP contribution is 2.32. The van der Waals surface area contributed by atoms with Crippen LogP contribution in [-0.4, -0.2) is 126 Å². The Morgan fingerprint density at radius 3 is 1.81 bits per heavy atom. The van der Waals surface area contributed by atoms with Crippen molar-refractivity contribution in [2.24, 2.45) is 16.5 Å². The number of rotatable bonds is 24. The lowest BCUT2D eigenvalue weighted by molar-refractivity contribution is 0.0311. The molecule has 1 aliphatic heterocycles. The Balaban J connectivity index is 2.23. The summed E-state index contributed by atoms with van der Waals surface area (Å²) in [5, 5.41) is 90.6. The number of epoxide rings is 1. The smallest absolute Gasteiger partial charge is 0.185 e. The van der Waals surface area contributed by atoms with Crippen molar-refractivity contribution in [3.8, 4) is 0 Å². The molecule has 1 aliphatic rings. The second kappa shape index (κ2) is 21.1. The van der Waals surface area contributed by atoms with Gasteiger partial charge >= 0.3 is 0 Å². The molecule has 246 valence electrons. The lowest BCUT2D eigenvalue weighted by Gasteiger charge is -2.17. The zero-order valence-electron chi connectivity index (χ0n) is 24.7. The van der Waals surface area contributed by atoms with Crippen LogP contribution >= 0.6 is 0 Å². The van der Waals surface area contributed by atoms with Crippen molar-refractivity contribution in [2.45, 2.75) is 145 Å². The Morgan fingerprint density at radius 1 is 0.714 bits per heavy atom. The fraction of sp³-hybridized carbons (Fsp3) is 0.828. The molecule has 42 heavy (non-hydrogen) atoms. The molecule has 0 aromatic rings. The molecule has 13 N–H and O–H groups in total. The Kier molecular flexibility index (Phi) is 19.3. The number of hydrogen-bond acceptors (Lipinski definition) is 11. The number of guanidine groups is 1. The highest BCUT2D eigenvalue weighted by Gasteiger charge is 2.45. The third kappa shape index (κ3) is 18.8. The van der Waals surface area contributed by atoms with Crippen molar-refractivity contribution in [1.29, 1.82) is 0 Å². The Bertz CT molecular complexity index is 798. The molecule has 0 amide bonds. The van der Waals surface area contributed by atoms with Crippen molar-refractivity contribution >= 4 is 5.96 Å². The average Bonchev–Trinajstić information content (AvgIpc) is 3.65. The predicted octanol–water partition coefficient (Wildman–Crippen LogP) is -1.30. The van der Waals surface area contributed by atoms with Gasteiger partial charge in [0.2, 0.25) is 0 Å². The van der Waals surface area contributed by atoms with Gasteiger partial charge in [0.1, 0.15) is 6.10 Å². The molecule has 0 spiro atoms. The fourth-order valence-electron chi connectivity index (χ4n) is 4.70. The molecule has 13 heteroatoms. The van der Waals surface area contributed by atoms with E-state index in [4.69, 9.17) is 16.2 Å². The predicted molar refractivity (Wildman–Crippen MR) is 158 cm³/mol. The summed E-state index contributed by atoms with van der Waals surface area (Å²) in [6.45, 7) is 2.22. The van der Waals surface area contributed by atoms with Gasteiger partial charge in [0, 0.05) is 32.2 Å². The molecule has 11 atom stereocenters. The van der Waals surface area contributed by atoms with Crippen LogP contribution in [0.3, 0.4) is 0 Å². The van der Waals surface area contributed by atoms with Crippen LogP contribution in [-0.2, 0) is 4.74 Å². The monoisotopic (exact) mass is 605 g/mol. The van der Waals surface area contributed by atoms with Gasteiger partial charge in [-0.15, -0.1) is 0 Å². The minimum Gasteiger partial charge on any atom is -0.393 e. The molecular formula is C29H55N3O10. The maximum Gasteiger partial charge on any atom is 0.185 e. The van der Waals surface area contributed by atoms with Gasteiger partial charge in [0.15, 0.2) is 5.96 Å². The molecule has 0 bridgehead atoms. The Hall–Kier alpha value is -1.65. The van der Waals surface area contributed by atoms with Crippen LogP contribution in [0, 0.1) is 0 Å². The topological polar surface area (TPSA) is 259 Å². The Morgan fingerprint density at radius 2 is 1.26 bits per heavy atom. The maximum absolute atomic E-state index is 10.4. The van der Waals surface area contributed by atoms with E-state index in [1.54, 1.807) is 12.2 Å². The van der Waals surface area contributed by atoms with Crippen LogP contribution in [0.15, 0.2) is 29.3 Å². The number of hydrogen-bond donors (Lipinski definition) is 11. The summed E-state index contributed by atoms with van der Waals surface area (Å²) in [6.07, 6.45) is 0.295. The van der Waals surface area contributed by atoms with Crippen LogP contribution in [0.2, 0.25) is 0 Å². The first-order valence-corrected chi connectivity index (χ1v) is 15.0. The highest BCUT2D eigenvalue weighted by atomic mass is 16.6. The molecule has 0 aliphatic carbocycles. The van der Waals surface area contributed by atoms with Crippen LogP contribution < -0.4 is 11.5 Å². The number of aliphatic hydroxyl groups is 9. The standard InChI is InChI=1S/C29H55N3O10/c1-2-18(33)12-19(34)6-3-8-21(36)14-24(39)16-26(41)28-27(42-28)17-25(40)15-22(37)9-4-7-20(35)13-23(38)10-5-11-32-29(30)31/h3-4,6,9,18-28,33-41H,2,5,7-8,10-17H2,1H3,(H4,30,31,32). The molecule has 13 nitrogen and oxygen atoms in total. The molecule has 1 saturated heterocycles. The number of aliphatic imine (C=N–C) groups is 1. The zero-order valence-corrected chi connectivity index (χ0v) is 24.7. The van der Waals surface area contributed by atoms with Crippen molar-refractivity contribution in [3.05, 3.63) is 24.3 Å². The summed E-state index contributed by atoms with van der Waals surface area (Å²) in [5.41, 5.74) is 10.5. The van der Waals surface area contributed by atoms with Crippen molar-refractivity contribution in [3.63, 3.8) is 0 Å². The van der Waals surface area contributed by atoms with Crippen molar-refractivity contribution < 1.29 is 50.7 Å². The largest absolute Gasteiger partial charge is 0.393 e. The number of nitrogens with zero attached hydrogens (tertiary/aromatic N) is 1. The lowest BCUT2D eigenvalue weighted by Crippen LogP contribution is -2.27. The van der Waals surface area contributed by atoms with E-state index in [9.17, 15) is 46.0 Å². The summed E-state index contributed by atoms with van der Waals surface area (Å²) < 4.78 is 5.45. The van der Waals surface area contributed by atoms with Crippen molar-refractivity contribution in [2.75, 3.05) is 6.54 Å². The van der Waals surface area contributed by atoms with Gasteiger partial charge in [-0.1, -0.05) is 31.2 Å². The first kappa shape index (κ1) is 38.4. The lowest BCUT2D eigenvalue weighted by atomic mass is 9.98. The van der Waals surface area contributed by atoms with Gasteiger partial charge in [-0.2, -0.15) is 0 Å². The molecule has 1 rings (SSSR count). The Labute approximate surface area is 248 Å². The van der Waals surface area contributed by atoms with Crippen LogP contribution in [0.5, 0.6) is 0 Å². The molecule has 0 saturated carbocycles. The van der Waals surface area contributed by atoms with E-state index in [0.717, 1.165) is 0 Å². The SMILES string of the molecule is CCC(O)CC(O)C=CCC(O)CC(O)CC(O)C1OC1CC(O)CC(O)C=CCC(O)CC(O)CCCN=C(N)N. The van der Waals surface area contributed by atoms with E-state index in [1.165, 1.54) is 12.2 Å². The summed E-state index contributed by atoms with van der Waals surface area (Å²) in [6, 6.07) is 0. The highest BCUT2D eigenvalue weighted by molar-refractivity contribution is 5.75. The number of nitrogens with two attached hydrogens (primary N) is 2. The molecule has 11 unspecified atom stereocenters. The van der Waals surface area contributed by atoms with Crippen LogP contribution in [0.25, 0.3) is 0 Å². The summed E-state index contributed by atoms with van der Waals surface area (Å²) in [4.78, 5) is 3.83. The number of ether oxygens (including phenoxy) is 1. The third-order valence-electron chi connectivity index (χ3n) is 7.13. The quantitative estimate of drug-likeness (QED) is 0.0202. The van der Waals surface area contributed by atoms with Gasteiger partial charge in [-0.3, -0.25) is 4.99 Å². The van der Waals surface area contributed by atoms with Gasteiger partial charge in [-0.25, -0.2) is 0 Å². The van der Waals surface area contributed by atoms with E-state index in [-0.39, 0.29) is 57.3 Å². The molecule has 1 fully saturated rings. The van der Waals surface area contributed by atoms with E-state index in [0.29, 0.717) is 25.8 Å². The second-order valence-corrected chi connectivity index (χ2v) is 11.4. The second-order valence-electron chi connectivity index (χ2n) is 11.4. The van der Waals surface area contributed by atoms with E-state index in [2.05, 4.69) is 4.99 Å². The first-order chi connectivity index (χ1) is 19.8. The fourth-order valence-corrected chi connectivity index (χ4v) is 4.70. The first-order valence-electron chi connectivity index (χ1n) is 15.0. The van der Waals surface area contributed by atoms with Gasteiger partial charge < -0.3 is 62.2 Å². The van der Waals surface area contributed by atoms with Gasteiger partial charge in [0.05, 0.1) is 61.0 Å². The van der Waals surface area contributed by atoms with Gasteiger partial charge in [-0.05, 0) is 44.9 Å². The van der Waals surface area contributed by atoms with Crippen LogP contribution in [0.1, 0.15) is 77.6 Å². The third-order valence-corrected chi connectivity index (χ3v) is 7.13. The molecule has 0 aromatic carbocycles. The summed E-state index contributed by atoms with van der Waals surface area (Å²) in [7, 11) is 0. The molecular weight excluding hydrogens is 550 g/mol. The summed E-state index contributed by atoms with van der Waals surface area (Å²) in [5.74, 6) is -0.00642. The van der Waals surface area contributed by atoms with E-state index >= 15 is 0 Å². The molecule has 0 aromatic heterocycles. The minimum absolute atomic E-state index is 0.00642. The van der Waals surface area contributed by atoms with E-state index in [1.807, 2.05) is 6.92 Å². The number of aliphatic hydroxyl groups excluding tert-OH is 9. The summed E-state index contributed by atoms with van der Waals surface area (Å²) >= 11 is 0. The average molecular weight is 606 g/mol. The minimum atomic E-state index is -0.981. The maximum atomic E-state index is 10.4. The zero-order chi connectivity index (χ0) is 31.7. The molecule has 1 heterocycles.